The number of carbonyl (C=O) groups excluding carboxylic acids is 2. The van der Waals surface area contributed by atoms with Gasteiger partial charge in [0.15, 0.2) is 11.6 Å². The van der Waals surface area contributed by atoms with E-state index in [1.54, 1.807) is 12.1 Å². The van der Waals surface area contributed by atoms with Crippen LogP contribution in [0.25, 0.3) is 21.5 Å². The average Bonchev–Trinajstić information content (AvgIpc) is 2.71. The molecule has 0 fully saturated rings. The van der Waals surface area contributed by atoms with Gasteiger partial charge in [0.2, 0.25) is 0 Å². The van der Waals surface area contributed by atoms with E-state index in [1.165, 1.54) is 12.2 Å². The molecule has 0 atom stereocenters. The maximum Gasteiger partial charge on any atom is 0.186 e. The van der Waals surface area contributed by atoms with Crippen LogP contribution >= 0.6 is 0 Å². The van der Waals surface area contributed by atoms with Gasteiger partial charge in [-0.1, -0.05) is 84.9 Å². The predicted molar refractivity (Wildman–Crippen MR) is 106 cm³/mol. The van der Waals surface area contributed by atoms with Gasteiger partial charge in [-0.05, 0) is 33.7 Å². The lowest BCUT2D eigenvalue weighted by molar-refractivity contribution is 0.102. The number of benzene rings is 4. The maximum atomic E-state index is 12.6. The third kappa shape index (κ3) is 2.93. The van der Waals surface area contributed by atoms with Crippen LogP contribution in [0.15, 0.2) is 97.1 Å². The molecule has 0 radical (unpaired) electrons. The molecule has 124 valence electrons. The second-order valence-corrected chi connectivity index (χ2v) is 6.12. The number of hydrogen-bond donors (Lipinski definition) is 0. The van der Waals surface area contributed by atoms with E-state index in [4.69, 9.17) is 0 Å². The molecule has 0 unspecified atom stereocenters. The first-order valence-electron chi connectivity index (χ1n) is 8.46. The molecule has 0 saturated heterocycles. The van der Waals surface area contributed by atoms with Crippen LogP contribution in [0.1, 0.15) is 20.7 Å². The zero-order valence-electron chi connectivity index (χ0n) is 14.1. The standard InChI is InChI=1S/C24H16O2/c25-23(21-13-5-9-17-7-1-3-11-19(17)21)15-16-24(26)22-14-6-10-18-8-2-4-12-20(18)22/h1-16H. The van der Waals surface area contributed by atoms with E-state index in [1.807, 2.05) is 72.8 Å². The Balaban J connectivity index is 1.67. The van der Waals surface area contributed by atoms with E-state index < -0.39 is 0 Å². The fraction of sp³-hybridized carbons (Fsp3) is 0. The van der Waals surface area contributed by atoms with Crippen LogP contribution in [0.4, 0.5) is 0 Å². The van der Waals surface area contributed by atoms with Crippen molar-refractivity contribution in [1.82, 2.24) is 0 Å². The van der Waals surface area contributed by atoms with Crippen molar-refractivity contribution in [1.29, 1.82) is 0 Å². The summed E-state index contributed by atoms with van der Waals surface area (Å²) in [6.45, 7) is 0. The Bertz CT molecular complexity index is 1070. The maximum absolute atomic E-state index is 12.6. The van der Waals surface area contributed by atoms with Crippen molar-refractivity contribution in [3.05, 3.63) is 108 Å². The highest BCUT2D eigenvalue weighted by Gasteiger charge is 2.10. The smallest absolute Gasteiger partial charge is 0.186 e. The molecule has 4 rings (SSSR count). The second kappa shape index (κ2) is 6.77. The minimum atomic E-state index is -0.171. The van der Waals surface area contributed by atoms with Gasteiger partial charge in [-0.2, -0.15) is 0 Å². The minimum absolute atomic E-state index is 0.171. The van der Waals surface area contributed by atoms with Gasteiger partial charge in [-0.25, -0.2) is 0 Å². The molecule has 0 heterocycles. The molecule has 0 aliphatic carbocycles. The summed E-state index contributed by atoms with van der Waals surface area (Å²) in [6, 6.07) is 26.7. The molecule has 0 amide bonds. The first-order valence-corrected chi connectivity index (χ1v) is 8.46. The molecule has 26 heavy (non-hydrogen) atoms. The minimum Gasteiger partial charge on any atom is -0.289 e. The van der Waals surface area contributed by atoms with Gasteiger partial charge >= 0.3 is 0 Å². The number of ketones is 2. The summed E-state index contributed by atoms with van der Waals surface area (Å²) in [5, 5.41) is 3.80. The number of hydrogen-bond acceptors (Lipinski definition) is 2. The molecule has 0 aliphatic heterocycles. The molecule has 0 saturated carbocycles. The largest absolute Gasteiger partial charge is 0.289 e. The highest BCUT2D eigenvalue weighted by Crippen LogP contribution is 2.21. The number of carbonyl (C=O) groups is 2. The Labute approximate surface area is 151 Å². The molecule has 0 bridgehead atoms. The molecule has 2 heteroatoms. The summed E-state index contributed by atoms with van der Waals surface area (Å²) in [6.07, 6.45) is 2.73. The first-order chi connectivity index (χ1) is 12.7. The van der Waals surface area contributed by atoms with Crippen molar-refractivity contribution in [2.75, 3.05) is 0 Å². The summed E-state index contributed by atoms with van der Waals surface area (Å²) < 4.78 is 0. The van der Waals surface area contributed by atoms with Crippen molar-refractivity contribution in [3.63, 3.8) is 0 Å². The highest BCUT2D eigenvalue weighted by molar-refractivity contribution is 6.19. The van der Waals surface area contributed by atoms with Gasteiger partial charge < -0.3 is 0 Å². The van der Waals surface area contributed by atoms with E-state index in [0.29, 0.717) is 11.1 Å². The van der Waals surface area contributed by atoms with Gasteiger partial charge in [0, 0.05) is 11.1 Å². The van der Waals surface area contributed by atoms with Crippen LogP contribution in [0, 0.1) is 0 Å². The number of fused-ring (bicyclic) bond motifs is 2. The lowest BCUT2D eigenvalue weighted by atomic mass is 9.99. The lowest BCUT2D eigenvalue weighted by Crippen LogP contribution is -2.00. The molecule has 4 aromatic rings. The Morgan fingerprint density at radius 2 is 0.885 bits per heavy atom. The Hall–Kier alpha value is -3.52. The number of allylic oxidation sites excluding steroid dienone is 2. The Kier molecular flexibility index (Phi) is 4.16. The van der Waals surface area contributed by atoms with Gasteiger partial charge in [0.05, 0.1) is 0 Å². The number of rotatable bonds is 4. The normalized spacial score (nSPS) is 11.2. The SMILES string of the molecule is O=C(C=CC(=O)c1cccc2ccccc12)c1cccc2ccccc12. The molecule has 0 aliphatic rings. The summed E-state index contributed by atoms with van der Waals surface area (Å²) in [5.74, 6) is -0.342. The lowest BCUT2D eigenvalue weighted by Gasteiger charge is -2.04. The van der Waals surface area contributed by atoms with Crippen LogP contribution in [0.5, 0.6) is 0 Å². The molecule has 0 N–H and O–H groups in total. The fourth-order valence-electron chi connectivity index (χ4n) is 3.21. The Morgan fingerprint density at radius 1 is 0.500 bits per heavy atom. The van der Waals surface area contributed by atoms with Crippen LogP contribution in [0.2, 0.25) is 0 Å². The molecule has 0 spiro atoms. The quantitative estimate of drug-likeness (QED) is 0.358. The van der Waals surface area contributed by atoms with Crippen LogP contribution in [-0.4, -0.2) is 11.6 Å². The fourth-order valence-corrected chi connectivity index (χ4v) is 3.21. The van der Waals surface area contributed by atoms with Crippen molar-refractivity contribution in [2.24, 2.45) is 0 Å². The monoisotopic (exact) mass is 336 g/mol. The van der Waals surface area contributed by atoms with Crippen LogP contribution in [-0.2, 0) is 0 Å². The van der Waals surface area contributed by atoms with E-state index in [-0.39, 0.29) is 11.6 Å². The van der Waals surface area contributed by atoms with Crippen LogP contribution in [0.3, 0.4) is 0 Å². The molecule has 0 aromatic heterocycles. The summed E-state index contributed by atoms with van der Waals surface area (Å²) in [7, 11) is 0. The Morgan fingerprint density at radius 3 is 1.35 bits per heavy atom. The zero-order chi connectivity index (χ0) is 17.9. The van der Waals surface area contributed by atoms with Gasteiger partial charge in [-0.3, -0.25) is 9.59 Å². The van der Waals surface area contributed by atoms with Crippen molar-refractivity contribution in [2.45, 2.75) is 0 Å². The average molecular weight is 336 g/mol. The summed E-state index contributed by atoms with van der Waals surface area (Å²) in [5.41, 5.74) is 1.20. The van der Waals surface area contributed by atoms with E-state index in [0.717, 1.165) is 21.5 Å². The zero-order valence-corrected chi connectivity index (χ0v) is 14.1. The van der Waals surface area contributed by atoms with E-state index in [9.17, 15) is 9.59 Å². The highest BCUT2D eigenvalue weighted by atomic mass is 16.1. The molecular formula is C24H16O2. The topological polar surface area (TPSA) is 34.1 Å². The summed E-state index contributed by atoms with van der Waals surface area (Å²) >= 11 is 0. The third-order valence-electron chi connectivity index (χ3n) is 4.50. The van der Waals surface area contributed by atoms with E-state index in [2.05, 4.69) is 0 Å². The second-order valence-electron chi connectivity index (χ2n) is 6.12. The van der Waals surface area contributed by atoms with E-state index >= 15 is 0 Å². The van der Waals surface area contributed by atoms with Gasteiger partial charge in [0.25, 0.3) is 0 Å². The van der Waals surface area contributed by atoms with Gasteiger partial charge in [0.1, 0.15) is 0 Å². The van der Waals surface area contributed by atoms with Crippen LogP contribution < -0.4 is 0 Å². The first kappa shape index (κ1) is 16.0. The van der Waals surface area contributed by atoms with Crippen molar-refractivity contribution >= 4 is 33.1 Å². The van der Waals surface area contributed by atoms with Crippen molar-refractivity contribution < 1.29 is 9.59 Å². The molecule has 2 nitrogen and oxygen atoms in total. The molecular weight excluding hydrogens is 320 g/mol. The third-order valence-corrected chi connectivity index (χ3v) is 4.50. The van der Waals surface area contributed by atoms with Crippen molar-refractivity contribution in [3.8, 4) is 0 Å². The van der Waals surface area contributed by atoms with Gasteiger partial charge in [-0.15, -0.1) is 0 Å². The molecule has 4 aromatic carbocycles. The summed E-state index contributed by atoms with van der Waals surface area (Å²) in [4.78, 5) is 25.2. The predicted octanol–water partition coefficient (Wildman–Crippen LogP) is 5.61.